The molecular formula is C18H24IN3O2S. The number of anilines is 1. The van der Waals surface area contributed by atoms with E-state index in [9.17, 15) is 0 Å². The predicted octanol–water partition coefficient (Wildman–Crippen LogP) is 3.73. The summed E-state index contributed by atoms with van der Waals surface area (Å²) < 4.78 is 11.2. The van der Waals surface area contributed by atoms with Gasteiger partial charge in [0.25, 0.3) is 0 Å². The van der Waals surface area contributed by atoms with Gasteiger partial charge in [0.2, 0.25) is 0 Å². The van der Waals surface area contributed by atoms with Crippen LogP contribution in [0.25, 0.3) is 0 Å². The lowest BCUT2D eigenvalue weighted by Gasteiger charge is -2.33. The minimum Gasteiger partial charge on any atom is -0.380 e. The number of nitrogens with zero attached hydrogens (tertiary/aromatic N) is 1. The van der Waals surface area contributed by atoms with Crippen molar-refractivity contribution in [2.24, 2.45) is 10.7 Å². The molecule has 0 fully saturated rings. The third-order valence-corrected chi connectivity index (χ3v) is 5.18. The number of hydrogen-bond acceptors (Lipinski definition) is 4. The van der Waals surface area contributed by atoms with E-state index < -0.39 is 5.60 Å². The fourth-order valence-corrected chi connectivity index (χ4v) is 3.90. The Balaban J connectivity index is 0.00000225. The normalized spacial score (nSPS) is 19.8. The lowest BCUT2D eigenvalue weighted by molar-refractivity contribution is -0.0374. The van der Waals surface area contributed by atoms with Crippen LogP contribution in [0, 0.1) is 0 Å². The zero-order chi connectivity index (χ0) is 17.0. The van der Waals surface area contributed by atoms with Gasteiger partial charge in [0.1, 0.15) is 5.60 Å². The van der Waals surface area contributed by atoms with Gasteiger partial charge in [0.15, 0.2) is 5.96 Å². The van der Waals surface area contributed by atoms with E-state index in [1.165, 1.54) is 10.4 Å². The molecule has 0 saturated carbocycles. The summed E-state index contributed by atoms with van der Waals surface area (Å²) in [4.78, 5) is 5.90. The van der Waals surface area contributed by atoms with Crippen molar-refractivity contribution in [1.82, 2.24) is 0 Å². The number of thiophene rings is 1. The van der Waals surface area contributed by atoms with Crippen LogP contribution in [0.1, 0.15) is 22.9 Å². The van der Waals surface area contributed by atoms with Crippen LogP contribution in [-0.2, 0) is 28.1 Å². The average Bonchev–Trinajstić information content (AvgIpc) is 3.06. The highest BCUT2D eigenvalue weighted by Crippen LogP contribution is 2.36. The number of benzene rings is 1. The van der Waals surface area contributed by atoms with Crippen LogP contribution in [-0.4, -0.2) is 26.2 Å². The third kappa shape index (κ3) is 4.72. The van der Waals surface area contributed by atoms with Gasteiger partial charge >= 0.3 is 0 Å². The second kappa shape index (κ2) is 8.98. The molecule has 25 heavy (non-hydrogen) atoms. The highest BCUT2D eigenvalue weighted by molar-refractivity contribution is 14.0. The van der Waals surface area contributed by atoms with Crippen molar-refractivity contribution in [2.75, 3.05) is 25.6 Å². The molecule has 1 aliphatic heterocycles. The number of ether oxygens (including phenoxy) is 2. The van der Waals surface area contributed by atoms with E-state index in [4.69, 9.17) is 15.2 Å². The van der Waals surface area contributed by atoms with Gasteiger partial charge in [-0.25, -0.2) is 4.99 Å². The van der Waals surface area contributed by atoms with E-state index in [2.05, 4.69) is 28.7 Å². The standard InChI is InChI=1S/C18H23N3O2S.HI/c1-18(14-8-10-24-16(14)7-9-23-18)12-20-17(19)21-15-6-4-3-5-13(15)11-22-2;/h3-6,8,10H,7,9,11-12H2,1-2H3,(H3,19,20,21);1H. The van der Waals surface area contributed by atoms with Crippen molar-refractivity contribution in [2.45, 2.75) is 25.6 Å². The Kier molecular flexibility index (Phi) is 7.24. The molecule has 0 radical (unpaired) electrons. The number of guanidine groups is 1. The first-order chi connectivity index (χ1) is 11.6. The molecule has 3 N–H and O–H groups in total. The summed E-state index contributed by atoms with van der Waals surface area (Å²) in [6.07, 6.45) is 0.977. The number of aliphatic imine (C=N–C) groups is 1. The number of nitrogens with two attached hydrogens (primary N) is 1. The van der Waals surface area contributed by atoms with Gasteiger partial charge in [-0.15, -0.1) is 35.3 Å². The summed E-state index contributed by atoms with van der Waals surface area (Å²) >= 11 is 1.78. The Labute approximate surface area is 169 Å². The fraction of sp³-hybridized carbons (Fsp3) is 0.389. The van der Waals surface area contributed by atoms with Gasteiger partial charge in [-0.1, -0.05) is 18.2 Å². The van der Waals surface area contributed by atoms with Crippen LogP contribution >= 0.6 is 35.3 Å². The summed E-state index contributed by atoms with van der Waals surface area (Å²) in [5.41, 5.74) is 8.86. The Bertz CT molecular complexity index is 735. The summed E-state index contributed by atoms with van der Waals surface area (Å²) in [5.74, 6) is 0.380. The van der Waals surface area contributed by atoms with Crippen LogP contribution in [0.4, 0.5) is 5.69 Å². The molecule has 1 aromatic heterocycles. The van der Waals surface area contributed by atoms with E-state index in [1.807, 2.05) is 24.3 Å². The predicted molar refractivity (Wildman–Crippen MR) is 114 cm³/mol. The van der Waals surface area contributed by atoms with Crippen LogP contribution in [0.2, 0.25) is 0 Å². The van der Waals surface area contributed by atoms with Crippen molar-refractivity contribution in [1.29, 1.82) is 0 Å². The number of rotatable bonds is 5. The molecule has 2 aromatic rings. The third-order valence-electron chi connectivity index (χ3n) is 4.20. The first kappa shape index (κ1) is 20.2. The van der Waals surface area contributed by atoms with Gasteiger partial charge in [-0.3, -0.25) is 0 Å². The minimum absolute atomic E-state index is 0. The molecule has 0 amide bonds. The molecule has 5 nitrogen and oxygen atoms in total. The van der Waals surface area contributed by atoms with Crippen molar-refractivity contribution >= 4 is 47.0 Å². The van der Waals surface area contributed by atoms with Crippen molar-refractivity contribution in [3.05, 3.63) is 51.7 Å². The summed E-state index contributed by atoms with van der Waals surface area (Å²) in [7, 11) is 1.67. The maximum absolute atomic E-state index is 6.09. The van der Waals surface area contributed by atoms with E-state index in [1.54, 1.807) is 18.4 Å². The van der Waals surface area contributed by atoms with Crippen LogP contribution in [0.3, 0.4) is 0 Å². The molecule has 0 saturated heterocycles. The SMILES string of the molecule is COCc1ccccc1NC(N)=NCC1(C)OCCc2sccc21.I. The smallest absolute Gasteiger partial charge is 0.193 e. The van der Waals surface area contributed by atoms with Crippen molar-refractivity contribution in [3.8, 4) is 0 Å². The lowest BCUT2D eigenvalue weighted by Crippen LogP contribution is -2.36. The number of methoxy groups -OCH3 is 1. The second-order valence-corrected chi connectivity index (χ2v) is 7.00. The molecule has 7 heteroatoms. The highest BCUT2D eigenvalue weighted by atomic mass is 127. The summed E-state index contributed by atoms with van der Waals surface area (Å²) in [6, 6.07) is 10.0. The first-order valence-electron chi connectivity index (χ1n) is 7.97. The number of nitrogens with one attached hydrogen (secondary N) is 1. The highest BCUT2D eigenvalue weighted by Gasteiger charge is 2.33. The molecule has 0 aliphatic carbocycles. The molecule has 1 aliphatic rings. The molecule has 136 valence electrons. The number of hydrogen-bond donors (Lipinski definition) is 2. The number of para-hydroxylation sites is 1. The van der Waals surface area contributed by atoms with Gasteiger partial charge in [0.05, 0.1) is 19.8 Å². The molecular weight excluding hydrogens is 449 g/mol. The van der Waals surface area contributed by atoms with Gasteiger partial charge in [-0.2, -0.15) is 0 Å². The van der Waals surface area contributed by atoms with Crippen molar-refractivity contribution < 1.29 is 9.47 Å². The average molecular weight is 473 g/mol. The van der Waals surface area contributed by atoms with E-state index in [-0.39, 0.29) is 24.0 Å². The minimum atomic E-state index is -0.411. The van der Waals surface area contributed by atoms with Crippen LogP contribution < -0.4 is 11.1 Å². The monoisotopic (exact) mass is 473 g/mol. The quantitative estimate of drug-likeness (QED) is 0.395. The lowest BCUT2D eigenvalue weighted by atomic mass is 9.93. The van der Waals surface area contributed by atoms with E-state index in [0.717, 1.165) is 24.3 Å². The number of fused-ring (bicyclic) bond motifs is 1. The summed E-state index contributed by atoms with van der Waals surface area (Å²) in [5, 5.41) is 5.28. The fourth-order valence-electron chi connectivity index (χ4n) is 2.92. The van der Waals surface area contributed by atoms with Crippen LogP contribution in [0.5, 0.6) is 0 Å². The maximum Gasteiger partial charge on any atom is 0.193 e. The second-order valence-electron chi connectivity index (χ2n) is 6.00. The Morgan fingerprint density at radius 3 is 3.00 bits per heavy atom. The van der Waals surface area contributed by atoms with Crippen LogP contribution in [0.15, 0.2) is 40.7 Å². The Morgan fingerprint density at radius 1 is 1.40 bits per heavy atom. The van der Waals surface area contributed by atoms with E-state index >= 15 is 0 Å². The van der Waals surface area contributed by atoms with Gasteiger partial charge < -0.3 is 20.5 Å². The molecule has 2 heterocycles. The zero-order valence-electron chi connectivity index (χ0n) is 14.5. The Morgan fingerprint density at radius 2 is 2.20 bits per heavy atom. The molecule has 0 spiro atoms. The molecule has 3 rings (SSSR count). The largest absolute Gasteiger partial charge is 0.380 e. The zero-order valence-corrected chi connectivity index (χ0v) is 17.6. The molecule has 1 unspecified atom stereocenters. The Hall–Kier alpha value is -1.16. The first-order valence-corrected chi connectivity index (χ1v) is 8.85. The van der Waals surface area contributed by atoms with Gasteiger partial charge in [-0.05, 0) is 30.0 Å². The summed E-state index contributed by atoms with van der Waals surface area (Å²) in [6.45, 7) is 3.81. The van der Waals surface area contributed by atoms with E-state index in [0.29, 0.717) is 19.1 Å². The van der Waals surface area contributed by atoms with Crippen molar-refractivity contribution in [3.63, 3.8) is 0 Å². The number of halogens is 1. The molecule has 1 aromatic carbocycles. The van der Waals surface area contributed by atoms with Gasteiger partial charge in [0, 0.05) is 29.7 Å². The molecule has 0 bridgehead atoms. The topological polar surface area (TPSA) is 68.9 Å². The molecule has 1 atom stereocenters. The maximum atomic E-state index is 6.09.